The normalized spacial score (nSPS) is 15.5. The van der Waals surface area contributed by atoms with Gasteiger partial charge in [0.25, 0.3) is 0 Å². The molecule has 9 nitrogen and oxygen atoms in total. The largest absolute Gasteiger partial charge is 0.496 e. The Morgan fingerprint density at radius 3 is 2.70 bits per heavy atom. The van der Waals surface area contributed by atoms with Crippen LogP contribution in [0, 0.1) is 5.82 Å². The monoisotopic (exact) mass is 476 g/mol. The molecule has 0 aliphatic carbocycles. The Kier molecular flexibility index (Phi) is 6.52. The molecule has 0 bridgehead atoms. The van der Waals surface area contributed by atoms with E-state index >= 15 is 0 Å². The second kappa shape index (κ2) is 9.36. The van der Waals surface area contributed by atoms with Gasteiger partial charge < -0.3 is 14.5 Å². The number of aromatic nitrogens is 2. The van der Waals surface area contributed by atoms with Crippen molar-refractivity contribution in [3.05, 3.63) is 48.0 Å². The molecule has 1 saturated heterocycles. The third kappa shape index (κ3) is 4.79. The summed E-state index contributed by atoms with van der Waals surface area (Å²) in [6.45, 7) is 2.20. The van der Waals surface area contributed by atoms with Gasteiger partial charge in [-0.05, 0) is 55.7 Å². The van der Waals surface area contributed by atoms with Gasteiger partial charge in [-0.3, -0.25) is 0 Å². The van der Waals surface area contributed by atoms with E-state index in [4.69, 9.17) is 4.74 Å². The predicted molar refractivity (Wildman–Crippen MR) is 121 cm³/mol. The summed E-state index contributed by atoms with van der Waals surface area (Å²) in [7, 11) is -2.41. The molecule has 0 saturated carbocycles. The minimum absolute atomic E-state index is 0.0792. The van der Waals surface area contributed by atoms with E-state index in [-0.39, 0.29) is 31.4 Å². The first-order chi connectivity index (χ1) is 15.8. The molecule has 33 heavy (non-hydrogen) atoms. The highest BCUT2D eigenvalue weighted by atomic mass is 32.2. The van der Waals surface area contributed by atoms with Crippen LogP contribution in [0.3, 0.4) is 0 Å². The SMILES string of the molecule is CCOC(=O)NS(=O)(=O)N1CCC(c2cc3c(-c4cc(F)ccc4OC)ccnc3[nH]2)CC1. The number of piperidine rings is 1. The van der Waals surface area contributed by atoms with Crippen LogP contribution in [0.25, 0.3) is 22.2 Å². The number of H-pyrrole nitrogens is 1. The summed E-state index contributed by atoms with van der Waals surface area (Å²) in [5.41, 5.74) is 3.00. The van der Waals surface area contributed by atoms with Crippen molar-refractivity contribution in [2.24, 2.45) is 0 Å². The number of benzene rings is 1. The first kappa shape index (κ1) is 23.0. The van der Waals surface area contributed by atoms with Crippen LogP contribution in [0.2, 0.25) is 0 Å². The van der Waals surface area contributed by atoms with Crippen LogP contribution in [-0.4, -0.2) is 55.6 Å². The molecule has 0 radical (unpaired) electrons. The van der Waals surface area contributed by atoms with Crippen molar-refractivity contribution in [3.8, 4) is 16.9 Å². The molecule has 3 aromatic rings. The Bertz CT molecular complexity index is 1270. The van der Waals surface area contributed by atoms with Crippen LogP contribution in [0.5, 0.6) is 5.75 Å². The quantitative estimate of drug-likeness (QED) is 0.563. The smallest absolute Gasteiger partial charge is 0.421 e. The van der Waals surface area contributed by atoms with E-state index in [1.54, 1.807) is 19.2 Å². The summed E-state index contributed by atoms with van der Waals surface area (Å²) in [5.74, 6) is 0.270. The molecular weight excluding hydrogens is 451 g/mol. The van der Waals surface area contributed by atoms with Crippen molar-refractivity contribution in [2.45, 2.75) is 25.7 Å². The molecule has 2 N–H and O–H groups in total. The molecule has 1 amide bonds. The molecule has 1 aliphatic heterocycles. The second-order valence-corrected chi connectivity index (χ2v) is 9.36. The zero-order valence-corrected chi connectivity index (χ0v) is 19.1. The topological polar surface area (TPSA) is 114 Å². The second-order valence-electron chi connectivity index (χ2n) is 7.69. The van der Waals surface area contributed by atoms with Gasteiger partial charge in [0.15, 0.2) is 0 Å². The number of hydrogen-bond acceptors (Lipinski definition) is 6. The van der Waals surface area contributed by atoms with Crippen molar-refractivity contribution in [2.75, 3.05) is 26.8 Å². The van der Waals surface area contributed by atoms with E-state index in [9.17, 15) is 17.6 Å². The van der Waals surface area contributed by atoms with Gasteiger partial charge in [-0.15, -0.1) is 0 Å². The highest BCUT2D eigenvalue weighted by Crippen LogP contribution is 2.37. The van der Waals surface area contributed by atoms with Crippen molar-refractivity contribution in [1.82, 2.24) is 19.0 Å². The maximum atomic E-state index is 14.0. The number of nitrogens with one attached hydrogen (secondary N) is 2. The minimum atomic E-state index is -3.95. The van der Waals surface area contributed by atoms with Gasteiger partial charge in [0.1, 0.15) is 17.2 Å². The summed E-state index contributed by atoms with van der Waals surface area (Å²) in [6.07, 6.45) is 1.80. The molecule has 0 spiro atoms. The number of carbonyl (C=O) groups is 1. The van der Waals surface area contributed by atoms with Crippen molar-refractivity contribution in [1.29, 1.82) is 0 Å². The zero-order chi connectivity index (χ0) is 23.6. The number of methoxy groups -OCH3 is 1. The molecular formula is C22H25FN4O5S. The number of hydrogen-bond donors (Lipinski definition) is 2. The number of halogens is 1. The fourth-order valence-electron chi connectivity index (χ4n) is 4.13. The molecule has 3 heterocycles. The number of amides is 1. The molecule has 2 aromatic heterocycles. The third-order valence-corrected chi connectivity index (χ3v) is 7.20. The predicted octanol–water partition coefficient (Wildman–Crippen LogP) is 3.55. The van der Waals surface area contributed by atoms with Crippen molar-refractivity contribution < 1.29 is 27.1 Å². The third-order valence-electron chi connectivity index (χ3n) is 5.73. The number of carbonyl (C=O) groups excluding carboxylic acids is 1. The molecule has 4 rings (SSSR count). The van der Waals surface area contributed by atoms with Crippen LogP contribution in [0.1, 0.15) is 31.4 Å². The summed E-state index contributed by atoms with van der Waals surface area (Å²) < 4.78 is 52.0. The Labute approximate surface area is 191 Å². The summed E-state index contributed by atoms with van der Waals surface area (Å²) in [6, 6.07) is 8.16. The average Bonchev–Trinajstić information content (AvgIpc) is 3.23. The van der Waals surface area contributed by atoms with E-state index in [1.165, 1.54) is 23.5 Å². The van der Waals surface area contributed by atoms with E-state index < -0.39 is 16.3 Å². The van der Waals surface area contributed by atoms with Crippen LogP contribution < -0.4 is 9.46 Å². The highest BCUT2D eigenvalue weighted by Gasteiger charge is 2.31. The van der Waals surface area contributed by atoms with E-state index in [1.807, 2.05) is 16.9 Å². The maximum absolute atomic E-state index is 14.0. The first-order valence-corrected chi connectivity index (χ1v) is 12.0. The minimum Gasteiger partial charge on any atom is -0.496 e. The van der Waals surface area contributed by atoms with Gasteiger partial charge in [0.05, 0.1) is 13.7 Å². The van der Waals surface area contributed by atoms with Crippen LogP contribution >= 0.6 is 0 Å². The molecule has 1 aromatic carbocycles. The summed E-state index contributed by atoms with van der Waals surface area (Å²) >= 11 is 0. The number of ether oxygens (including phenoxy) is 2. The van der Waals surface area contributed by atoms with Gasteiger partial charge >= 0.3 is 16.3 Å². The lowest BCUT2D eigenvalue weighted by molar-refractivity contribution is 0.157. The number of aromatic amines is 1. The summed E-state index contributed by atoms with van der Waals surface area (Å²) in [4.78, 5) is 19.3. The first-order valence-electron chi connectivity index (χ1n) is 10.6. The lowest BCUT2D eigenvalue weighted by Crippen LogP contribution is -2.46. The highest BCUT2D eigenvalue weighted by molar-refractivity contribution is 7.87. The van der Waals surface area contributed by atoms with E-state index in [2.05, 4.69) is 14.7 Å². The van der Waals surface area contributed by atoms with Crippen LogP contribution in [0.4, 0.5) is 9.18 Å². The molecule has 1 aliphatic rings. The van der Waals surface area contributed by atoms with Gasteiger partial charge in [-0.2, -0.15) is 12.7 Å². The fraction of sp³-hybridized carbons (Fsp3) is 0.364. The van der Waals surface area contributed by atoms with Gasteiger partial charge in [0.2, 0.25) is 0 Å². The number of pyridine rings is 1. The molecule has 1 fully saturated rings. The maximum Gasteiger partial charge on any atom is 0.421 e. The Morgan fingerprint density at radius 2 is 2.00 bits per heavy atom. The van der Waals surface area contributed by atoms with Crippen LogP contribution in [0.15, 0.2) is 36.5 Å². The van der Waals surface area contributed by atoms with Gasteiger partial charge in [-0.25, -0.2) is 18.9 Å². The number of nitrogens with zero attached hydrogens (tertiary/aromatic N) is 2. The van der Waals surface area contributed by atoms with Crippen LogP contribution in [-0.2, 0) is 14.9 Å². The van der Waals surface area contributed by atoms with E-state index in [0.29, 0.717) is 29.8 Å². The molecule has 11 heteroatoms. The summed E-state index contributed by atoms with van der Waals surface area (Å²) in [5, 5.41) is 0.829. The lowest BCUT2D eigenvalue weighted by atomic mass is 9.94. The number of fused-ring (bicyclic) bond motifs is 1. The molecule has 176 valence electrons. The Morgan fingerprint density at radius 1 is 1.24 bits per heavy atom. The Hall–Kier alpha value is -3.18. The lowest BCUT2D eigenvalue weighted by Gasteiger charge is -2.30. The van der Waals surface area contributed by atoms with E-state index in [0.717, 1.165) is 16.6 Å². The standard InChI is InChI=1S/C22H25FN4O5S/c1-3-32-22(28)26-33(29,30)27-10-7-14(8-11-27)19-13-18-16(6-9-24-21(18)25-19)17-12-15(23)4-5-20(17)31-2/h4-6,9,12-14H,3,7-8,10-11H2,1-2H3,(H,24,25)(H,26,28). The van der Waals surface area contributed by atoms with Gasteiger partial charge in [0, 0.05) is 41.8 Å². The van der Waals surface area contributed by atoms with Crippen molar-refractivity contribution in [3.63, 3.8) is 0 Å². The molecule has 0 atom stereocenters. The van der Waals surface area contributed by atoms with Gasteiger partial charge in [-0.1, -0.05) is 0 Å². The average molecular weight is 477 g/mol. The zero-order valence-electron chi connectivity index (χ0n) is 18.3. The Balaban J connectivity index is 1.55. The molecule has 0 unspecified atom stereocenters. The fourth-order valence-corrected chi connectivity index (χ4v) is 5.22. The number of rotatable bonds is 6. The van der Waals surface area contributed by atoms with Crippen molar-refractivity contribution >= 4 is 27.3 Å².